The van der Waals surface area contributed by atoms with E-state index < -0.39 is 0 Å². The van der Waals surface area contributed by atoms with Crippen LogP contribution < -0.4 is 9.80 Å². The largest absolute Gasteiger partial charge is 0.312 e. The van der Waals surface area contributed by atoms with Gasteiger partial charge in [0.15, 0.2) is 11.6 Å². The Kier molecular flexibility index (Phi) is 5.36. The second-order valence-electron chi connectivity index (χ2n) is 7.25. The summed E-state index contributed by atoms with van der Waals surface area (Å²) in [5.74, 6) is 1.22. The van der Waals surface area contributed by atoms with Gasteiger partial charge in [-0.2, -0.15) is 5.10 Å². The monoisotopic (exact) mass is 465 g/mol. The molecular weight excluding hydrogens is 446 g/mol. The first kappa shape index (κ1) is 20.6. The van der Waals surface area contributed by atoms with Crippen LogP contribution >= 0.6 is 22.9 Å². The van der Waals surface area contributed by atoms with E-state index in [0.717, 1.165) is 22.0 Å². The highest BCUT2D eigenvalue weighted by atomic mass is 35.5. The number of aromatic nitrogens is 5. The number of likely N-dealkylation sites (N-methyl/N-ethyl adjacent to an activating group) is 1. The molecule has 1 aromatic carbocycles. The van der Waals surface area contributed by atoms with Crippen LogP contribution in [0, 0.1) is 0 Å². The number of hydrogen-bond acceptors (Lipinski definition) is 7. The van der Waals surface area contributed by atoms with Gasteiger partial charge in [0, 0.05) is 28.8 Å². The van der Waals surface area contributed by atoms with Gasteiger partial charge in [-0.05, 0) is 37.6 Å². The molecule has 5 rings (SSSR count). The lowest BCUT2D eigenvalue weighted by Crippen LogP contribution is -2.51. The van der Waals surface area contributed by atoms with Crippen molar-refractivity contribution in [2.75, 3.05) is 16.3 Å². The van der Waals surface area contributed by atoms with Crippen molar-refractivity contribution in [2.45, 2.75) is 26.3 Å². The number of nitrogens with zero attached hydrogens (tertiary/aromatic N) is 6. The molecule has 0 saturated heterocycles. The van der Waals surface area contributed by atoms with Gasteiger partial charge < -0.3 is 9.80 Å². The SMILES string of the molecule is CCC1C(=O)N(CC)c2cnc(-c3cn[nH]c3-c3nccs3)nc2N1c1ccc(Cl)cc1. The number of carbonyl (C=O) groups excluding carboxylic acids is 1. The third-order valence-electron chi connectivity index (χ3n) is 5.47. The Labute approximate surface area is 193 Å². The number of fused-ring (bicyclic) bond motifs is 1. The summed E-state index contributed by atoms with van der Waals surface area (Å²) in [5, 5.41) is 10.6. The number of amides is 1. The van der Waals surface area contributed by atoms with Crippen LogP contribution in [0.25, 0.3) is 22.1 Å². The highest BCUT2D eigenvalue weighted by Crippen LogP contribution is 2.41. The molecule has 4 heterocycles. The summed E-state index contributed by atoms with van der Waals surface area (Å²) in [7, 11) is 0. The number of nitrogens with one attached hydrogen (secondary N) is 1. The van der Waals surface area contributed by atoms with Gasteiger partial charge >= 0.3 is 0 Å². The van der Waals surface area contributed by atoms with Crippen molar-refractivity contribution in [1.29, 1.82) is 0 Å². The van der Waals surface area contributed by atoms with Crippen LogP contribution in [0.4, 0.5) is 17.2 Å². The van der Waals surface area contributed by atoms with E-state index in [2.05, 4.69) is 20.2 Å². The van der Waals surface area contributed by atoms with E-state index in [9.17, 15) is 4.79 Å². The summed E-state index contributed by atoms with van der Waals surface area (Å²) in [4.78, 5) is 30.9. The van der Waals surface area contributed by atoms with Gasteiger partial charge in [0.1, 0.15) is 22.4 Å². The van der Waals surface area contributed by atoms with Crippen molar-refractivity contribution in [3.8, 4) is 22.1 Å². The Morgan fingerprint density at radius 1 is 1.16 bits per heavy atom. The van der Waals surface area contributed by atoms with Crippen molar-refractivity contribution in [1.82, 2.24) is 25.1 Å². The Hall–Kier alpha value is -3.30. The molecule has 1 atom stereocenters. The minimum Gasteiger partial charge on any atom is -0.312 e. The van der Waals surface area contributed by atoms with E-state index in [4.69, 9.17) is 16.6 Å². The number of anilines is 3. The number of thiazole rings is 1. The molecule has 0 aliphatic carbocycles. The summed E-state index contributed by atoms with van der Waals surface area (Å²) in [5.41, 5.74) is 3.06. The predicted molar refractivity (Wildman–Crippen MR) is 126 cm³/mol. The van der Waals surface area contributed by atoms with Crippen molar-refractivity contribution in [3.05, 3.63) is 53.3 Å². The normalized spacial score (nSPS) is 15.8. The topological polar surface area (TPSA) is 90.9 Å². The Morgan fingerprint density at radius 3 is 2.66 bits per heavy atom. The van der Waals surface area contributed by atoms with Gasteiger partial charge in [0.25, 0.3) is 0 Å². The first-order valence-corrected chi connectivity index (χ1v) is 11.5. The van der Waals surface area contributed by atoms with E-state index in [0.29, 0.717) is 35.3 Å². The molecule has 3 aromatic heterocycles. The third kappa shape index (κ3) is 3.34. The number of aromatic amines is 1. The smallest absolute Gasteiger partial charge is 0.250 e. The van der Waals surface area contributed by atoms with E-state index >= 15 is 0 Å². The predicted octanol–water partition coefficient (Wildman–Crippen LogP) is 4.93. The minimum atomic E-state index is -0.380. The molecular formula is C22H20ClN7OS. The molecule has 8 nitrogen and oxygen atoms in total. The average molecular weight is 466 g/mol. The Balaban J connectivity index is 1.69. The van der Waals surface area contributed by atoms with Gasteiger partial charge in [-0.1, -0.05) is 18.5 Å². The maximum absolute atomic E-state index is 13.3. The summed E-state index contributed by atoms with van der Waals surface area (Å²) in [6.07, 6.45) is 5.80. The molecule has 1 aliphatic heterocycles. The summed E-state index contributed by atoms with van der Waals surface area (Å²) >= 11 is 7.63. The van der Waals surface area contributed by atoms with Crippen LogP contribution in [0.2, 0.25) is 5.02 Å². The molecule has 0 bridgehead atoms. The van der Waals surface area contributed by atoms with Crippen molar-refractivity contribution in [3.63, 3.8) is 0 Å². The van der Waals surface area contributed by atoms with Gasteiger partial charge in [-0.3, -0.25) is 9.89 Å². The zero-order chi connectivity index (χ0) is 22.2. The van der Waals surface area contributed by atoms with Crippen LogP contribution in [0.15, 0.2) is 48.2 Å². The molecule has 162 valence electrons. The molecule has 0 fully saturated rings. The molecule has 1 N–H and O–H groups in total. The minimum absolute atomic E-state index is 0.0283. The number of benzene rings is 1. The molecule has 1 amide bonds. The third-order valence-corrected chi connectivity index (χ3v) is 6.51. The second kappa shape index (κ2) is 8.33. The summed E-state index contributed by atoms with van der Waals surface area (Å²) in [6, 6.07) is 7.07. The van der Waals surface area contributed by atoms with Crippen molar-refractivity contribution >= 4 is 46.0 Å². The molecule has 0 radical (unpaired) electrons. The summed E-state index contributed by atoms with van der Waals surface area (Å²) < 4.78 is 0. The number of hydrogen-bond donors (Lipinski definition) is 1. The molecule has 4 aromatic rings. The number of carbonyl (C=O) groups is 1. The highest BCUT2D eigenvalue weighted by molar-refractivity contribution is 7.13. The zero-order valence-electron chi connectivity index (χ0n) is 17.5. The van der Waals surface area contributed by atoms with E-state index in [1.165, 1.54) is 11.3 Å². The number of halogens is 1. The molecule has 32 heavy (non-hydrogen) atoms. The fourth-order valence-corrected chi connectivity index (χ4v) is 4.75. The molecule has 10 heteroatoms. The summed E-state index contributed by atoms with van der Waals surface area (Å²) in [6.45, 7) is 4.50. The maximum Gasteiger partial charge on any atom is 0.250 e. The molecule has 1 unspecified atom stereocenters. The first-order chi connectivity index (χ1) is 15.6. The second-order valence-corrected chi connectivity index (χ2v) is 8.58. The van der Waals surface area contributed by atoms with Gasteiger partial charge in [0.05, 0.1) is 18.0 Å². The first-order valence-electron chi connectivity index (χ1n) is 10.3. The lowest BCUT2D eigenvalue weighted by molar-refractivity contribution is -0.120. The maximum atomic E-state index is 13.3. The van der Waals surface area contributed by atoms with Crippen LogP contribution in [0.5, 0.6) is 0 Å². The fraction of sp³-hybridized carbons (Fsp3) is 0.227. The van der Waals surface area contributed by atoms with E-state index in [-0.39, 0.29) is 11.9 Å². The average Bonchev–Trinajstić information content (AvgIpc) is 3.50. The Morgan fingerprint density at radius 2 is 1.97 bits per heavy atom. The van der Waals surface area contributed by atoms with Gasteiger partial charge in [-0.15, -0.1) is 11.3 Å². The van der Waals surface area contributed by atoms with E-state index in [1.807, 2.05) is 48.4 Å². The van der Waals surface area contributed by atoms with Gasteiger partial charge in [-0.25, -0.2) is 15.0 Å². The molecule has 0 spiro atoms. The van der Waals surface area contributed by atoms with Crippen LogP contribution in [-0.2, 0) is 4.79 Å². The molecule has 0 saturated carbocycles. The number of H-pyrrole nitrogens is 1. The van der Waals surface area contributed by atoms with Crippen LogP contribution in [-0.4, -0.2) is 43.6 Å². The standard InChI is InChI=1S/C22H20ClN7OS/c1-3-16-22(31)29(4-2)17-12-25-19(15-11-26-28-18(15)21-24-9-10-32-21)27-20(17)30(16)14-7-5-13(23)6-8-14/h5-12,16H,3-4H2,1-2H3,(H,26,28). The van der Waals surface area contributed by atoms with Crippen molar-refractivity contribution in [2.24, 2.45) is 0 Å². The Bertz CT molecular complexity index is 1260. The number of rotatable bonds is 5. The zero-order valence-corrected chi connectivity index (χ0v) is 19.1. The highest BCUT2D eigenvalue weighted by Gasteiger charge is 2.39. The quantitative estimate of drug-likeness (QED) is 0.449. The van der Waals surface area contributed by atoms with Crippen LogP contribution in [0.1, 0.15) is 20.3 Å². The van der Waals surface area contributed by atoms with Crippen molar-refractivity contribution < 1.29 is 4.79 Å². The van der Waals surface area contributed by atoms with Crippen LogP contribution in [0.3, 0.4) is 0 Å². The fourth-order valence-electron chi connectivity index (χ4n) is 3.97. The lowest BCUT2D eigenvalue weighted by atomic mass is 10.1. The van der Waals surface area contributed by atoms with Gasteiger partial charge in [0.2, 0.25) is 5.91 Å². The molecule has 1 aliphatic rings. The van der Waals surface area contributed by atoms with E-state index in [1.54, 1.807) is 23.5 Å². The lowest BCUT2D eigenvalue weighted by Gasteiger charge is -2.41.